The highest BCUT2D eigenvalue weighted by atomic mass is 35.5. The van der Waals surface area contributed by atoms with Crippen molar-refractivity contribution in [2.75, 3.05) is 0 Å². The minimum Gasteiger partial charge on any atom is -0.258 e. The Morgan fingerprint density at radius 3 is 2.41 bits per heavy atom. The van der Waals surface area contributed by atoms with Crippen molar-refractivity contribution in [3.05, 3.63) is 32.8 Å². The van der Waals surface area contributed by atoms with Gasteiger partial charge in [-0.2, -0.15) is 9.98 Å². The number of benzene rings is 1. The highest BCUT2D eigenvalue weighted by molar-refractivity contribution is 7.89. The zero-order valence-corrected chi connectivity index (χ0v) is 14.1. The molecule has 0 aliphatic heterocycles. The molecule has 1 aromatic carbocycles. The van der Waals surface area contributed by atoms with Gasteiger partial charge < -0.3 is 0 Å². The zero-order chi connectivity index (χ0) is 17.3. The summed E-state index contributed by atoms with van der Waals surface area (Å²) in [6.45, 7) is 6.25. The van der Waals surface area contributed by atoms with Gasteiger partial charge in [-0.3, -0.25) is 10.1 Å². The maximum atomic E-state index is 12.4. The number of nitro groups is 1. The first-order valence-electron chi connectivity index (χ1n) is 6.34. The highest BCUT2D eigenvalue weighted by Crippen LogP contribution is 2.30. The molecule has 0 unspecified atom stereocenters. The monoisotopic (exact) mass is 345 g/mol. The van der Waals surface area contributed by atoms with Gasteiger partial charge in [0.25, 0.3) is 5.69 Å². The molecule has 1 aromatic rings. The lowest BCUT2D eigenvalue weighted by Gasteiger charge is -2.27. The summed E-state index contributed by atoms with van der Waals surface area (Å²) in [7, 11) is -4.13. The maximum absolute atomic E-state index is 12.4. The number of nitrogens with one attached hydrogen (secondary N) is 1. The molecule has 0 fully saturated rings. The van der Waals surface area contributed by atoms with Crippen LogP contribution in [0.15, 0.2) is 17.0 Å². The van der Waals surface area contributed by atoms with Crippen LogP contribution >= 0.6 is 11.6 Å². The Labute approximate surface area is 134 Å². The van der Waals surface area contributed by atoms with Gasteiger partial charge in [0.1, 0.15) is 5.54 Å². The summed E-state index contributed by atoms with van der Waals surface area (Å²) >= 11 is 5.88. The molecule has 0 amide bonds. The van der Waals surface area contributed by atoms with E-state index in [-0.39, 0.29) is 21.4 Å². The minimum absolute atomic E-state index is 0.0298. The Bertz CT molecular complexity index is 755. The SMILES string of the molecule is Cc1c(Cl)cc(S(=O)(=O)N[C@](C)(C#N)C(C)C)cc1[N+](=O)[O-]. The molecule has 120 valence electrons. The average Bonchev–Trinajstić information content (AvgIpc) is 2.40. The van der Waals surface area contributed by atoms with Crippen LogP contribution in [0.1, 0.15) is 26.3 Å². The second kappa shape index (κ2) is 6.20. The lowest BCUT2D eigenvalue weighted by atomic mass is 9.92. The lowest BCUT2D eigenvalue weighted by Crippen LogP contribution is -2.48. The van der Waals surface area contributed by atoms with Crippen LogP contribution < -0.4 is 4.72 Å². The molecule has 0 spiro atoms. The van der Waals surface area contributed by atoms with Gasteiger partial charge >= 0.3 is 0 Å². The summed E-state index contributed by atoms with van der Waals surface area (Å²) in [5.41, 5.74) is -1.56. The van der Waals surface area contributed by atoms with Gasteiger partial charge in [-0.05, 0) is 25.8 Å². The standard InChI is InChI=1S/C13H16ClN3O4S/c1-8(2)13(4,7-15)16-22(20,21)10-5-11(14)9(3)12(6-10)17(18)19/h5-6,8,16H,1-4H3/t13-/m1/s1. The molecule has 0 aliphatic rings. The second-order valence-electron chi connectivity index (χ2n) is 5.38. The number of sulfonamides is 1. The first-order valence-corrected chi connectivity index (χ1v) is 8.20. The van der Waals surface area contributed by atoms with E-state index in [4.69, 9.17) is 11.6 Å². The van der Waals surface area contributed by atoms with E-state index in [1.165, 1.54) is 13.8 Å². The summed E-state index contributed by atoms with van der Waals surface area (Å²) in [5.74, 6) is -0.303. The van der Waals surface area contributed by atoms with E-state index < -0.39 is 26.2 Å². The van der Waals surface area contributed by atoms with Gasteiger partial charge in [0, 0.05) is 11.6 Å². The molecule has 0 saturated carbocycles. The van der Waals surface area contributed by atoms with Crippen LogP contribution in [0, 0.1) is 34.3 Å². The largest absolute Gasteiger partial charge is 0.275 e. The molecule has 0 bridgehead atoms. The van der Waals surface area contributed by atoms with Gasteiger partial charge in [-0.15, -0.1) is 0 Å². The van der Waals surface area contributed by atoms with Crippen LogP contribution in [0.2, 0.25) is 5.02 Å². The third kappa shape index (κ3) is 3.55. The summed E-state index contributed by atoms with van der Waals surface area (Å²) in [6.07, 6.45) is 0. The quantitative estimate of drug-likeness (QED) is 0.651. The predicted molar refractivity (Wildman–Crippen MR) is 82.0 cm³/mol. The van der Waals surface area contributed by atoms with Crippen molar-refractivity contribution in [2.45, 2.75) is 38.1 Å². The van der Waals surface area contributed by atoms with Gasteiger partial charge in [-0.25, -0.2) is 8.42 Å². The van der Waals surface area contributed by atoms with Crippen LogP contribution in [0.5, 0.6) is 0 Å². The summed E-state index contributed by atoms with van der Waals surface area (Å²) in [6, 6.07) is 3.97. The molecule has 0 aromatic heterocycles. The summed E-state index contributed by atoms with van der Waals surface area (Å²) in [5, 5.41) is 20.1. The molecule has 0 saturated heterocycles. The van der Waals surface area contributed by atoms with Crippen molar-refractivity contribution in [1.82, 2.24) is 4.72 Å². The van der Waals surface area contributed by atoms with E-state index >= 15 is 0 Å². The number of nitro benzene ring substituents is 1. The molecule has 0 heterocycles. The van der Waals surface area contributed by atoms with Crippen molar-refractivity contribution in [3.63, 3.8) is 0 Å². The first-order chi connectivity index (χ1) is 9.94. The number of rotatable bonds is 5. The minimum atomic E-state index is -4.13. The van der Waals surface area contributed by atoms with Crippen LogP contribution in [-0.2, 0) is 10.0 Å². The highest BCUT2D eigenvalue weighted by Gasteiger charge is 2.34. The van der Waals surface area contributed by atoms with Crippen LogP contribution in [0.3, 0.4) is 0 Å². The van der Waals surface area contributed by atoms with Crippen molar-refractivity contribution in [2.24, 2.45) is 5.92 Å². The third-order valence-corrected chi connectivity index (χ3v) is 5.47. The third-order valence-electron chi connectivity index (χ3n) is 3.53. The number of hydrogen-bond acceptors (Lipinski definition) is 5. The van der Waals surface area contributed by atoms with Gasteiger partial charge in [0.05, 0.1) is 20.9 Å². The number of nitriles is 1. The Kier molecular flexibility index (Phi) is 5.18. The fourth-order valence-corrected chi connectivity index (χ4v) is 3.37. The Morgan fingerprint density at radius 1 is 1.45 bits per heavy atom. The van der Waals surface area contributed by atoms with E-state index in [9.17, 15) is 23.8 Å². The molecule has 22 heavy (non-hydrogen) atoms. The zero-order valence-electron chi connectivity index (χ0n) is 12.5. The lowest BCUT2D eigenvalue weighted by molar-refractivity contribution is -0.385. The molecule has 0 radical (unpaired) electrons. The van der Waals surface area contributed by atoms with E-state index in [0.29, 0.717) is 0 Å². The van der Waals surface area contributed by atoms with E-state index in [0.717, 1.165) is 12.1 Å². The van der Waals surface area contributed by atoms with Gasteiger partial charge in [0.15, 0.2) is 0 Å². The van der Waals surface area contributed by atoms with Gasteiger partial charge in [0.2, 0.25) is 10.0 Å². The van der Waals surface area contributed by atoms with E-state index in [1.54, 1.807) is 13.8 Å². The summed E-state index contributed by atoms with van der Waals surface area (Å²) in [4.78, 5) is 9.93. The molecule has 7 nitrogen and oxygen atoms in total. The van der Waals surface area contributed by atoms with Crippen molar-refractivity contribution in [3.8, 4) is 6.07 Å². The predicted octanol–water partition coefficient (Wildman–Crippen LogP) is 2.77. The second-order valence-corrected chi connectivity index (χ2v) is 7.47. The fraction of sp³-hybridized carbons (Fsp3) is 0.462. The molecule has 9 heteroatoms. The van der Waals surface area contributed by atoms with Crippen LogP contribution in [0.4, 0.5) is 5.69 Å². The number of nitrogens with zero attached hydrogens (tertiary/aromatic N) is 2. The first kappa shape index (κ1) is 18.4. The normalized spacial score (nSPS) is 14.4. The molecular formula is C13H16ClN3O4S. The van der Waals surface area contributed by atoms with E-state index in [2.05, 4.69) is 4.72 Å². The Balaban J connectivity index is 3.43. The van der Waals surface area contributed by atoms with Crippen LogP contribution in [-0.4, -0.2) is 18.9 Å². The maximum Gasteiger partial charge on any atom is 0.275 e. The van der Waals surface area contributed by atoms with Gasteiger partial charge in [-0.1, -0.05) is 25.4 Å². The molecular weight excluding hydrogens is 330 g/mol. The smallest absolute Gasteiger partial charge is 0.258 e. The molecule has 1 rings (SSSR count). The van der Waals surface area contributed by atoms with Crippen molar-refractivity contribution >= 4 is 27.3 Å². The molecule has 1 atom stereocenters. The Hall–Kier alpha value is -1.69. The topological polar surface area (TPSA) is 113 Å². The number of hydrogen-bond donors (Lipinski definition) is 1. The fourth-order valence-electron chi connectivity index (χ4n) is 1.59. The van der Waals surface area contributed by atoms with Crippen molar-refractivity contribution < 1.29 is 13.3 Å². The molecule has 0 aliphatic carbocycles. The molecule has 1 N–H and O–H groups in total. The van der Waals surface area contributed by atoms with E-state index in [1.807, 2.05) is 6.07 Å². The Morgan fingerprint density at radius 2 is 2.00 bits per heavy atom. The van der Waals surface area contributed by atoms with Crippen LogP contribution in [0.25, 0.3) is 0 Å². The average molecular weight is 346 g/mol. The van der Waals surface area contributed by atoms with Crippen molar-refractivity contribution in [1.29, 1.82) is 5.26 Å². The summed E-state index contributed by atoms with van der Waals surface area (Å²) < 4.78 is 27.1. The number of halogens is 1.